The molecule has 0 spiro atoms. The normalized spacial score (nSPS) is 15.3. The Morgan fingerprint density at radius 1 is 1.12 bits per heavy atom. The van der Waals surface area contributed by atoms with Gasteiger partial charge in [0.2, 0.25) is 0 Å². The number of nitrogens with one attached hydrogen (secondary N) is 1. The van der Waals surface area contributed by atoms with Crippen LogP contribution in [0.5, 0.6) is 5.75 Å². The van der Waals surface area contributed by atoms with Crippen molar-refractivity contribution in [1.29, 1.82) is 0 Å². The molecular formula is C25H32ClN5O2. The predicted octanol–water partition coefficient (Wildman–Crippen LogP) is 4.43. The molecule has 1 saturated heterocycles. The molecule has 1 N–H and O–H groups in total. The minimum absolute atomic E-state index is 0.114. The molecule has 1 amide bonds. The lowest BCUT2D eigenvalue weighted by atomic mass is 10.2. The van der Waals surface area contributed by atoms with Gasteiger partial charge in [-0.25, -0.2) is 4.98 Å². The second kappa shape index (κ2) is 10.5. The van der Waals surface area contributed by atoms with Crippen molar-refractivity contribution >= 4 is 34.2 Å². The molecule has 2 aromatic carbocycles. The second-order valence-corrected chi connectivity index (χ2v) is 9.08. The molecule has 176 valence electrons. The summed E-state index contributed by atoms with van der Waals surface area (Å²) in [5.74, 6) is 1.31. The van der Waals surface area contributed by atoms with E-state index < -0.39 is 0 Å². The van der Waals surface area contributed by atoms with Crippen LogP contribution in [0.25, 0.3) is 11.0 Å². The van der Waals surface area contributed by atoms with Gasteiger partial charge in [0.1, 0.15) is 11.6 Å². The van der Waals surface area contributed by atoms with Gasteiger partial charge in [0.25, 0.3) is 5.91 Å². The van der Waals surface area contributed by atoms with E-state index in [0.717, 1.165) is 56.1 Å². The van der Waals surface area contributed by atoms with Crippen LogP contribution in [0.15, 0.2) is 42.5 Å². The zero-order chi connectivity index (χ0) is 23.4. The zero-order valence-electron chi connectivity index (χ0n) is 19.6. The molecule has 3 aromatic rings. The van der Waals surface area contributed by atoms with Crippen LogP contribution in [0.4, 0.5) is 5.69 Å². The van der Waals surface area contributed by atoms with E-state index in [1.54, 1.807) is 12.1 Å². The number of likely N-dealkylation sites (N-methyl/N-ethyl adjacent to an activating group) is 1. The first-order valence-corrected chi connectivity index (χ1v) is 11.9. The number of hydrogen-bond acceptors (Lipinski definition) is 5. The largest absolute Gasteiger partial charge is 0.482 e. The highest BCUT2D eigenvalue weighted by molar-refractivity contribution is 6.32. The lowest BCUT2D eigenvalue weighted by Gasteiger charge is -2.34. The van der Waals surface area contributed by atoms with E-state index in [4.69, 9.17) is 21.3 Å². The molecule has 0 radical (unpaired) electrons. The summed E-state index contributed by atoms with van der Waals surface area (Å²) in [6, 6.07) is 13.3. The van der Waals surface area contributed by atoms with Crippen LogP contribution in [0.2, 0.25) is 5.02 Å². The van der Waals surface area contributed by atoms with Crippen molar-refractivity contribution in [2.45, 2.75) is 33.4 Å². The third-order valence-corrected chi connectivity index (χ3v) is 6.35. The third-order valence-electron chi connectivity index (χ3n) is 6.04. The highest BCUT2D eigenvalue weighted by atomic mass is 35.5. The number of piperazine rings is 1. The van der Waals surface area contributed by atoms with Gasteiger partial charge in [0.15, 0.2) is 6.61 Å². The van der Waals surface area contributed by atoms with Gasteiger partial charge in [-0.1, -0.05) is 30.7 Å². The van der Waals surface area contributed by atoms with Gasteiger partial charge >= 0.3 is 0 Å². The van der Waals surface area contributed by atoms with Crippen LogP contribution in [0.1, 0.15) is 32.6 Å². The number of benzene rings is 2. The molecule has 1 fully saturated rings. The van der Waals surface area contributed by atoms with E-state index in [0.29, 0.717) is 22.5 Å². The maximum absolute atomic E-state index is 12.4. The number of ether oxygens (including phenoxy) is 1. The number of halogens is 1. The maximum atomic E-state index is 12.4. The molecule has 0 saturated carbocycles. The number of para-hydroxylation sites is 1. The molecule has 7 nitrogen and oxygen atoms in total. The van der Waals surface area contributed by atoms with Crippen molar-refractivity contribution in [3.63, 3.8) is 0 Å². The number of amides is 1. The summed E-state index contributed by atoms with van der Waals surface area (Å²) in [5, 5.41) is 3.38. The fourth-order valence-corrected chi connectivity index (χ4v) is 4.47. The predicted molar refractivity (Wildman–Crippen MR) is 133 cm³/mol. The van der Waals surface area contributed by atoms with Gasteiger partial charge in [-0.15, -0.1) is 0 Å². The first kappa shape index (κ1) is 23.5. The van der Waals surface area contributed by atoms with Crippen molar-refractivity contribution in [2.75, 3.05) is 44.6 Å². The summed E-state index contributed by atoms with van der Waals surface area (Å²) in [5.41, 5.74) is 2.67. The highest BCUT2D eigenvalue weighted by Crippen LogP contribution is 2.26. The van der Waals surface area contributed by atoms with E-state index in [1.807, 2.05) is 30.3 Å². The molecule has 0 atom stereocenters. The SMILES string of the molecule is CCN1CCN(Cc2nc3cc(NC(=O)COc4ccccc4Cl)ccc3n2C(C)C)CC1. The quantitative estimate of drug-likeness (QED) is 0.529. The molecule has 4 rings (SSSR count). The van der Waals surface area contributed by atoms with Crippen molar-refractivity contribution in [3.8, 4) is 5.75 Å². The fourth-order valence-electron chi connectivity index (χ4n) is 4.28. The van der Waals surface area contributed by atoms with E-state index in [2.05, 4.69) is 40.5 Å². The van der Waals surface area contributed by atoms with Crippen LogP contribution in [0.3, 0.4) is 0 Å². The molecule has 0 unspecified atom stereocenters. The molecule has 1 aromatic heterocycles. The van der Waals surface area contributed by atoms with Crippen LogP contribution in [-0.2, 0) is 11.3 Å². The second-order valence-electron chi connectivity index (χ2n) is 8.67. The zero-order valence-corrected chi connectivity index (χ0v) is 20.3. The van der Waals surface area contributed by atoms with Crippen molar-refractivity contribution < 1.29 is 9.53 Å². The van der Waals surface area contributed by atoms with Gasteiger partial charge in [-0.2, -0.15) is 0 Å². The number of hydrogen-bond donors (Lipinski definition) is 1. The summed E-state index contributed by atoms with van der Waals surface area (Å²) in [7, 11) is 0. The number of nitrogens with zero attached hydrogens (tertiary/aromatic N) is 4. The number of imidazole rings is 1. The first-order chi connectivity index (χ1) is 15.9. The van der Waals surface area contributed by atoms with Crippen LogP contribution in [-0.4, -0.2) is 64.6 Å². The molecule has 2 heterocycles. The summed E-state index contributed by atoms with van der Waals surface area (Å²) < 4.78 is 7.84. The lowest BCUT2D eigenvalue weighted by Crippen LogP contribution is -2.45. The standard InChI is InChI=1S/C25H32ClN5O2/c1-4-29-11-13-30(14-12-29)16-24-28-21-15-19(9-10-22(21)31(24)18(2)3)27-25(32)17-33-23-8-6-5-7-20(23)26/h5-10,15,18H,4,11-14,16-17H2,1-3H3,(H,27,32). The highest BCUT2D eigenvalue weighted by Gasteiger charge is 2.20. The summed E-state index contributed by atoms with van der Waals surface area (Å²) in [6.45, 7) is 12.7. The fraction of sp³-hybridized carbons (Fsp3) is 0.440. The van der Waals surface area contributed by atoms with Gasteiger partial charge in [-0.05, 0) is 50.7 Å². The van der Waals surface area contributed by atoms with Crippen molar-refractivity contribution in [3.05, 3.63) is 53.3 Å². The lowest BCUT2D eigenvalue weighted by molar-refractivity contribution is -0.118. The Bertz CT molecular complexity index is 1110. The van der Waals surface area contributed by atoms with Gasteiger partial charge in [0.05, 0.1) is 22.6 Å². The van der Waals surface area contributed by atoms with Gasteiger partial charge in [-0.3, -0.25) is 9.69 Å². The average Bonchev–Trinajstić information content (AvgIpc) is 3.16. The summed E-state index contributed by atoms with van der Waals surface area (Å²) in [4.78, 5) is 22.3. The Morgan fingerprint density at radius 2 is 1.85 bits per heavy atom. The number of fused-ring (bicyclic) bond motifs is 1. The minimum Gasteiger partial charge on any atom is -0.482 e. The Balaban J connectivity index is 1.45. The van der Waals surface area contributed by atoms with Crippen LogP contribution in [0, 0.1) is 0 Å². The molecular weight excluding hydrogens is 438 g/mol. The number of aromatic nitrogens is 2. The first-order valence-electron chi connectivity index (χ1n) is 11.6. The smallest absolute Gasteiger partial charge is 0.262 e. The molecule has 1 aliphatic heterocycles. The number of anilines is 1. The summed E-state index contributed by atoms with van der Waals surface area (Å²) >= 11 is 6.09. The van der Waals surface area contributed by atoms with E-state index in [9.17, 15) is 4.79 Å². The summed E-state index contributed by atoms with van der Waals surface area (Å²) in [6.07, 6.45) is 0. The van der Waals surface area contributed by atoms with Crippen molar-refractivity contribution in [2.24, 2.45) is 0 Å². The molecule has 1 aliphatic rings. The van der Waals surface area contributed by atoms with Gasteiger partial charge in [0, 0.05) is 37.9 Å². The number of carbonyl (C=O) groups is 1. The van der Waals surface area contributed by atoms with E-state index in [-0.39, 0.29) is 12.5 Å². The van der Waals surface area contributed by atoms with E-state index >= 15 is 0 Å². The number of carbonyl (C=O) groups excluding carboxylic acids is 1. The van der Waals surface area contributed by atoms with Crippen molar-refractivity contribution in [1.82, 2.24) is 19.4 Å². The Labute approximate surface area is 200 Å². The average molecular weight is 470 g/mol. The number of rotatable bonds is 8. The van der Waals surface area contributed by atoms with Crippen LogP contribution < -0.4 is 10.1 Å². The van der Waals surface area contributed by atoms with Gasteiger partial charge < -0.3 is 19.5 Å². The minimum atomic E-state index is -0.244. The molecule has 33 heavy (non-hydrogen) atoms. The Hall–Kier alpha value is -2.61. The van der Waals surface area contributed by atoms with E-state index in [1.165, 1.54) is 0 Å². The Kier molecular flexibility index (Phi) is 7.53. The monoisotopic (exact) mass is 469 g/mol. The molecule has 0 aliphatic carbocycles. The molecule has 0 bridgehead atoms. The third kappa shape index (κ3) is 5.66. The Morgan fingerprint density at radius 3 is 2.55 bits per heavy atom. The van der Waals surface area contributed by atoms with Crippen LogP contribution >= 0.6 is 11.6 Å². The topological polar surface area (TPSA) is 62.6 Å². The molecule has 8 heteroatoms. The maximum Gasteiger partial charge on any atom is 0.262 e.